The average Bonchev–Trinajstić information content (AvgIpc) is 2.78. The minimum atomic E-state index is 0.364. The van der Waals surface area contributed by atoms with Gasteiger partial charge in [-0.3, -0.25) is 4.98 Å². The van der Waals surface area contributed by atoms with Crippen molar-refractivity contribution >= 4 is 11.6 Å². The summed E-state index contributed by atoms with van der Waals surface area (Å²) < 4.78 is 1.75. The second-order valence-electron chi connectivity index (χ2n) is 4.43. The molecular formula is C14H12ClN5. The lowest BCUT2D eigenvalue weighted by atomic mass is 10.3. The van der Waals surface area contributed by atoms with Crippen LogP contribution in [0.5, 0.6) is 0 Å². The third-order valence-corrected chi connectivity index (χ3v) is 3.00. The van der Waals surface area contributed by atoms with Crippen LogP contribution in [0.2, 0.25) is 5.15 Å². The van der Waals surface area contributed by atoms with E-state index >= 15 is 0 Å². The molecule has 0 aliphatic carbocycles. The standard InChI is InChI=1S/C14H12ClN5/c1-9-7-10(2)20(19-9)13-8-12(15)17-14(18-13)11-5-3-4-6-16-11/h3-8H,1-2H3. The van der Waals surface area contributed by atoms with Crippen LogP contribution in [0.15, 0.2) is 36.5 Å². The lowest BCUT2D eigenvalue weighted by Crippen LogP contribution is -2.04. The van der Waals surface area contributed by atoms with Crippen LogP contribution in [0.1, 0.15) is 11.4 Å². The number of hydrogen-bond acceptors (Lipinski definition) is 4. The Kier molecular flexibility index (Phi) is 3.20. The molecule has 0 bridgehead atoms. The maximum atomic E-state index is 6.09. The highest BCUT2D eigenvalue weighted by Crippen LogP contribution is 2.19. The number of aryl methyl sites for hydroxylation is 2. The average molecular weight is 286 g/mol. The van der Waals surface area contributed by atoms with Crippen molar-refractivity contribution in [2.45, 2.75) is 13.8 Å². The van der Waals surface area contributed by atoms with Crippen molar-refractivity contribution in [3.8, 4) is 17.3 Å². The predicted molar refractivity (Wildman–Crippen MR) is 76.9 cm³/mol. The largest absolute Gasteiger partial charge is 0.253 e. The van der Waals surface area contributed by atoms with Gasteiger partial charge in [-0.15, -0.1) is 0 Å². The van der Waals surface area contributed by atoms with Crippen molar-refractivity contribution in [2.75, 3.05) is 0 Å². The fourth-order valence-electron chi connectivity index (χ4n) is 1.98. The van der Waals surface area contributed by atoms with Gasteiger partial charge < -0.3 is 0 Å². The second-order valence-corrected chi connectivity index (χ2v) is 4.81. The Bertz CT molecular complexity index is 752. The molecular weight excluding hydrogens is 274 g/mol. The summed E-state index contributed by atoms with van der Waals surface area (Å²) in [5, 5.41) is 4.77. The van der Waals surface area contributed by atoms with Crippen molar-refractivity contribution in [1.29, 1.82) is 0 Å². The molecule has 20 heavy (non-hydrogen) atoms. The van der Waals surface area contributed by atoms with E-state index in [2.05, 4.69) is 20.1 Å². The summed E-state index contributed by atoms with van der Waals surface area (Å²) in [5.41, 5.74) is 2.60. The van der Waals surface area contributed by atoms with E-state index in [1.807, 2.05) is 38.1 Å². The number of halogens is 1. The maximum absolute atomic E-state index is 6.09. The van der Waals surface area contributed by atoms with E-state index in [-0.39, 0.29) is 0 Å². The molecule has 100 valence electrons. The zero-order valence-corrected chi connectivity index (χ0v) is 11.8. The molecule has 3 heterocycles. The minimum absolute atomic E-state index is 0.364. The van der Waals surface area contributed by atoms with Gasteiger partial charge in [0, 0.05) is 18.0 Å². The summed E-state index contributed by atoms with van der Waals surface area (Å²) in [5.74, 6) is 1.12. The van der Waals surface area contributed by atoms with Gasteiger partial charge in [0.25, 0.3) is 0 Å². The first kappa shape index (κ1) is 12.7. The van der Waals surface area contributed by atoms with Crippen molar-refractivity contribution in [2.24, 2.45) is 0 Å². The van der Waals surface area contributed by atoms with Gasteiger partial charge in [0.15, 0.2) is 11.6 Å². The summed E-state index contributed by atoms with van der Waals surface area (Å²) in [6, 6.07) is 9.24. The molecule has 3 aromatic heterocycles. The normalized spacial score (nSPS) is 10.8. The fourth-order valence-corrected chi connectivity index (χ4v) is 2.16. The molecule has 0 aliphatic heterocycles. The molecule has 0 radical (unpaired) electrons. The summed E-state index contributed by atoms with van der Waals surface area (Å²) >= 11 is 6.09. The first-order valence-corrected chi connectivity index (χ1v) is 6.51. The lowest BCUT2D eigenvalue weighted by molar-refractivity contribution is 0.802. The van der Waals surface area contributed by atoms with Crippen LogP contribution in [-0.2, 0) is 0 Å². The van der Waals surface area contributed by atoms with Crippen LogP contribution < -0.4 is 0 Å². The van der Waals surface area contributed by atoms with Crippen LogP contribution >= 0.6 is 11.6 Å². The monoisotopic (exact) mass is 285 g/mol. The summed E-state index contributed by atoms with van der Waals surface area (Å²) in [6.45, 7) is 3.91. The van der Waals surface area contributed by atoms with Gasteiger partial charge in [-0.25, -0.2) is 14.6 Å². The van der Waals surface area contributed by atoms with Gasteiger partial charge in [-0.1, -0.05) is 17.7 Å². The number of rotatable bonds is 2. The first-order valence-electron chi connectivity index (χ1n) is 6.13. The quantitative estimate of drug-likeness (QED) is 0.679. The van der Waals surface area contributed by atoms with Crippen molar-refractivity contribution in [3.05, 3.63) is 53.1 Å². The maximum Gasteiger partial charge on any atom is 0.181 e. The molecule has 0 aromatic carbocycles. The van der Waals surface area contributed by atoms with Gasteiger partial charge in [-0.2, -0.15) is 5.10 Å². The third-order valence-electron chi connectivity index (χ3n) is 2.80. The Hall–Kier alpha value is -2.27. The molecule has 0 unspecified atom stereocenters. The van der Waals surface area contributed by atoms with E-state index in [0.717, 1.165) is 11.4 Å². The Morgan fingerprint density at radius 3 is 2.60 bits per heavy atom. The van der Waals surface area contributed by atoms with Crippen LogP contribution in [0.3, 0.4) is 0 Å². The molecule has 0 saturated carbocycles. The molecule has 0 N–H and O–H groups in total. The molecule has 0 fully saturated rings. The molecule has 0 aliphatic rings. The summed E-state index contributed by atoms with van der Waals surface area (Å²) in [7, 11) is 0. The lowest BCUT2D eigenvalue weighted by Gasteiger charge is -2.06. The van der Waals surface area contributed by atoms with Crippen LogP contribution in [0, 0.1) is 13.8 Å². The second kappa shape index (κ2) is 5.02. The topological polar surface area (TPSA) is 56.5 Å². The van der Waals surface area contributed by atoms with Crippen molar-refractivity contribution < 1.29 is 0 Å². The highest BCUT2D eigenvalue weighted by atomic mass is 35.5. The Labute approximate surface area is 121 Å². The number of aromatic nitrogens is 5. The highest BCUT2D eigenvalue weighted by molar-refractivity contribution is 6.29. The number of pyridine rings is 1. The van der Waals surface area contributed by atoms with E-state index in [4.69, 9.17) is 11.6 Å². The zero-order chi connectivity index (χ0) is 14.1. The van der Waals surface area contributed by atoms with Crippen LogP contribution in [0.4, 0.5) is 0 Å². The summed E-state index contributed by atoms with van der Waals surface area (Å²) in [6.07, 6.45) is 1.70. The van der Waals surface area contributed by atoms with Crippen LogP contribution in [-0.4, -0.2) is 24.7 Å². The molecule has 0 amide bonds. The molecule has 5 nitrogen and oxygen atoms in total. The van der Waals surface area contributed by atoms with E-state index in [9.17, 15) is 0 Å². The zero-order valence-electron chi connectivity index (χ0n) is 11.1. The van der Waals surface area contributed by atoms with Gasteiger partial charge >= 0.3 is 0 Å². The fraction of sp³-hybridized carbons (Fsp3) is 0.143. The van der Waals surface area contributed by atoms with Gasteiger partial charge in [0.05, 0.1) is 5.69 Å². The van der Waals surface area contributed by atoms with E-state index < -0.39 is 0 Å². The Morgan fingerprint density at radius 2 is 1.95 bits per heavy atom. The van der Waals surface area contributed by atoms with Gasteiger partial charge in [-0.05, 0) is 32.0 Å². The molecule has 0 atom stereocenters. The minimum Gasteiger partial charge on any atom is -0.253 e. The molecule has 0 saturated heterocycles. The molecule has 0 spiro atoms. The van der Waals surface area contributed by atoms with Gasteiger partial charge in [0.1, 0.15) is 10.8 Å². The molecule has 3 rings (SSSR count). The number of hydrogen-bond donors (Lipinski definition) is 0. The third kappa shape index (κ3) is 2.40. The summed E-state index contributed by atoms with van der Waals surface area (Å²) in [4.78, 5) is 12.9. The molecule has 3 aromatic rings. The Morgan fingerprint density at radius 1 is 1.10 bits per heavy atom. The van der Waals surface area contributed by atoms with Crippen LogP contribution in [0.25, 0.3) is 17.3 Å². The van der Waals surface area contributed by atoms with E-state index in [1.165, 1.54) is 0 Å². The highest BCUT2D eigenvalue weighted by Gasteiger charge is 2.10. The number of nitrogens with zero attached hydrogens (tertiary/aromatic N) is 5. The predicted octanol–water partition coefficient (Wildman–Crippen LogP) is 2.99. The van der Waals surface area contributed by atoms with E-state index in [0.29, 0.717) is 22.5 Å². The first-order chi connectivity index (χ1) is 9.63. The van der Waals surface area contributed by atoms with Crippen molar-refractivity contribution in [3.63, 3.8) is 0 Å². The van der Waals surface area contributed by atoms with Gasteiger partial charge in [0.2, 0.25) is 0 Å². The van der Waals surface area contributed by atoms with Crippen molar-refractivity contribution in [1.82, 2.24) is 24.7 Å². The smallest absolute Gasteiger partial charge is 0.181 e. The molecule has 6 heteroatoms. The SMILES string of the molecule is Cc1cc(C)n(-c2cc(Cl)nc(-c3ccccn3)n2)n1. The Balaban J connectivity index is 2.14. The van der Waals surface area contributed by atoms with E-state index in [1.54, 1.807) is 16.9 Å².